The highest BCUT2D eigenvalue weighted by Gasteiger charge is 2.28. The number of oxazole rings is 1. The lowest BCUT2D eigenvalue weighted by Crippen LogP contribution is -2.38. The normalized spacial score (nSPS) is 17.8. The topological polar surface area (TPSA) is 61.6 Å². The zero-order valence-corrected chi connectivity index (χ0v) is 16.5. The van der Waals surface area contributed by atoms with E-state index < -0.39 is 0 Å². The Kier molecular flexibility index (Phi) is 4.84. The summed E-state index contributed by atoms with van der Waals surface area (Å²) in [5, 5.41) is 3.20. The summed E-state index contributed by atoms with van der Waals surface area (Å²) in [6.07, 6.45) is 4.04. The van der Waals surface area contributed by atoms with Crippen molar-refractivity contribution in [3.63, 3.8) is 0 Å². The minimum absolute atomic E-state index is 0.0160. The summed E-state index contributed by atoms with van der Waals surface area (Å²) in [6, 6.07) is 16.6. The number of para-hydroxylation sites is 4. The largest absolute Gasteiger partial charge is 0.423 e. The van der Waals surface area contributed by atoms with E-state index in [1.54, 1.807) is 0 Å². The molecule has 3 heterocycles. The summed E-state index contributed by atoms with van der Waals surface area (Å²) < 4.78 is 5.88. The third-order valence-corrected chi connectivity index (χ3v) is 6.03. The average Bonchev–Trinajstić information content (AvgIpc) is 3.44. The van der Waals surface area contributed by atoms with Gasteiger partial charge in [0.05, 0.1) is 11.4 Å². The Hall–Kier alpha value is -3.02. The SMILES string of the molecule is O=C(Nc1ccccc1N1CCCC1)C1CCN(c2nc3ccccc3o2)CC1. The Balaban J connectivity index is 1.23. The molecule has 1 N–H and O–H groups in total. The molecule has 29 heavy (non-hydrogen) atoms. The van der Waals surface area contributed by atoms with Crippen molar-refractivity contribution in [1.29, 1.82) is 0 Å². The van der Waals surface area contributed by atoms with Gasteiger partial charge in [0.25, 0.3) is 6.01 Å². The lowest BCUT2D eigenvalue weighted by atomic mass is 9.96. The van der Waals surface area contributed by atoms with Crippen LogP contribution in [0.5, 0.6) is 0 Å². The van der Waals surface area contributed by atoms with Crippen LogP contribution in [0.3, 0.4) is 0 Å². The number of hydrogen-bond donors (Lipinski definition) is 1. The van der Waals surface area contributed by atoms with Crippen LogP contribution in [0, 0.1) is 5.92 Å². The fourth-order valence-corrected chi connectivity index (χ4v) is 4.38. The number of carbonyl (C=O) groups is 1. The number of fused-ring (bicyclic) bond motifs is 1. The van der Waals surface area contributed by atoms with Crippen molar-refractivity contribution >= 4 is 34.4 Å². The van der Waals surface area contributed by atoms with Gasteiger partial charge in [-0.3, -0.25) is 4.79 Å². The molecular weight excluding hydrogens is 364 g/mol. The first-order valence-electron chi connectivity index (χ1n) is 10.5. The molecule has 1 aromatic heterocycles. The summed E-state index contributed by atoms with van der Waals surface area (Å²) in [7, 11) is 0. The molecule has 5 rings (SSSR count). The summed E-state index contributed by atoms with van der Waals surface area (Å²) in [5.74, 6) is 0.135. The molecular formula is C23H26N4O2. The first kappa shape index (κ1) is 18.0. The van der Waals surface area contributed by atoms with Gasteiger partial charge in [0, 0.05) is 32.1 Å². The van der Waals surface area contributed by atoms with E-state index in [0.717, 1.165) is 61.5 Å². The fraction of sp³-hybridized carbons (Fsp3) is 0.391. The first-order valence-corrected chi connectivity index (χ1v) is 10.5. The molecule has 0 bridgehead atoms. The van der Waals surface area contributed by atoms with Crippen LogP contribution in [-0.2, 0) is 4.79 Å². The molecule has 0 spiro atoms. The number of piperidine rings is 1. The third kappa shape index (κ3) is 3.67. The smallest absolute Gasteiger partial charge is 0.298 e. The predicted molar refractivity (Wildman–Crippen MR) is 115 cm³/mol. The fourth-order valence-electron chi connectivity index (χ4n) is 4.38. The van der Waals surface area contributed by atoms with Crippen molar-refractivity contribution in [2.45, 2.75) is 25.7 Å². The quantitative estimate of drug-likeness (QED) is 0.720. The standard InChI is InChI=1S/C23H26N4O2/c28-22(24-18-7-1-3-9-20(18)26-13-5-6-14-26)17-11-15-27(16-12-17)23-25-19-8-2-4-10-21(19)29-23/h1-4,7-10,17H,5-6,11-16H2,(H,24,28). The van der Waals surface area contributed by atoms with Gasteiger partial charge >= 0.3 is 0 Å². The van der Waals surface area contributed by atoms with Gasteiger partial charge in [0.2, 0.25) is 5.91 Å². The lowest BCUT2D eigenvalue weighted by molar-refractivity contribution is -0.120. The van der Waals surface area contributed by atoms with Crippen LogP contribution in [-0.4, -0.2) is 37.1 Å². The van der Waals surface area contributed by atoms with Crippen LogP contribution in [0.4, 0.5) is 17.4 Å². The molecule has 3 aromatic rings. The Bertz CT molecular complexity index is 968. The third-order valence-electron chi connectivity index (χ3n) is 6.03. The highest BCUT2D eigenvalue weighted by atomic mass is 16.4. The van der Waals surface area contributed by atoms with Crippen molar-refractivity contribution in [2.24, 2.45) is 5.92 Å². The maximum atomic E-state index is 12.9. The molecule has 0 aliphatic carbocycles. The molecule has 2 aromatic carbocycles. The molecule has 1 amide bonds. The number of aromatic nitrogens is 1. The number of rotatable bonds is 4. The highest BCUT2D eigenvalue weighted by molar-refractivity contribution is 5.96. The van der Waals surface area contributed by atoms with Crippen LogP contribution in [0.25, 0.3) is 11.1 Å². The Morgan fingerprint density at radius 3 is 2.45 bits per heavy atom. The van der Waals surface area contributed by atoms with Gasteiger partial charge < -0.3 is 19.5 Å². The minimum atomic E-state index is 0.0160. The number of benzene rings is 2. The Labute approximate surface area is 170 Å². The van der Waals surface area contributed by atoms with Crippen LogP contribution in [0.2, 0.25) is 0 Å². The molecule has 150 valence electrons. The molecule has 0 saturated carbocycles. The van der Waals surface area contributed by atoms with Gasteiger partial charge in [-0.2, -0.15) is 4.98 Å². The lowest BCUT2D eigenvalue weighted by Gasteiger charge is -2.30. The van der Waals surface area contributed by atoms with E-state index in [9.17, 15) is 4.79 Å². The van der Waals surface area contributed by atoms with E-state index in [4.69, 9.17) is 4.42 Å². The summed E-state index contributed by atoms with van der Waals surface area (Å²) in [5.41, 5.74) is 3.75. The molecule has 0 atom stereocenters. The monoisotopic (exact) mass is 390 g/mol. The van der Waals surface area contributed by atoms with Gasteiger partial charge in [0.1, 0.15) is 5.52 Å². The van der Waals surface area contributed by atoms with Gasteiger partial charge in [-0.1, -0.05) is 24.3 Å². The molecule has 6 nitrogen and oxygen atoms in total. The zero-order chi connectivity index (χ0) is 19.6. The van der Waals surface area contributed by atoms with E-state index in [2.05, 4.69) is 26.2 Å². The summed E-state index contributed by atoms with van der Waals surface area (Å²) in [4.78, 5) is 22.0. The van der Waals surface area contributed by atoms with Gasteiger partial charge in [-0.05, 0) is 49.9 Å². The number of nitrogens with one attached hydrogen (secondary N) is 1. The molecule has 2 fully saturated rings. The maximum absolute atomic E-state index is 12.9. The first-order chi connectivity index (χ1) is 14.3. The highest BCUT2D eigenvalue weighted by Crippen LogP contribution is 2.31. The summed E-state index contributed by atoms with van der Waals surface area (Å²) in [6.45, 7) is 3.68. The molecule has 2 aliphatic rings. The second-order valence-electron chi connectivity index (χ2n) is 7.93. The second kappa shape index (κ2) is 7.78. The summed E-state index contributed by atoms with van der Waals surface area (Å²) >= 11 is 0. The van der Waals surface area contributed by atoms with Gasteiger partial charge in [0.15, 0.2) is 5.58 Å². The van der Waals surface area contributed by atoms with E-state index in [1.165, 1.54) is 12.8 Å². The second-order valence-corrected chi connectivity index (χ2v) is 7.93. The number of carbonyl (C=O) groups excluding carboxylic acids is 1. The number of amides is 1. The van der Waals surface area contributed by atoms with Gasteiger partial charge in [-0.15, -0.1) is 0 Å². The van der Waals surface area contributed by atoms with Crippen LogP contribution in [0.15, 0.2) is 52.9 Å². The molecule has 2 aliphatic heterocycles. The molecule has 2 saturated heterocycles. The van der Waals surface area contributed by atoms with E-state index in [0.29, 0.717) is 6.01 Å². The molecule has 0 unspecified atom stereocenters. The van der Waals surface area contributed by atoms with Crippen LogP contribution in [0.1, 0.15) is 25.7 Å². The molecule has 6 heteroatoms. The van der Waals surface area contributed by atoms with Crippen molar-refractivity contribution in [2.75, 3.05) is 41.3 Å². The zero-order valence-electron chi connectivity index (χ0n) is 16.5. The van der Waals surface area contributed by atoms with Crippen LogP contribution < -0.4 is 15.1 Å². The molecule has 0 radical (unpaired) electrons. The number of hydrogen-bond acceptors (Lipinski definition) is 5. The average molecular weight is 390 g/mol. The Morgan fingerprint density at radius 1 is 0.931 bits per heavy atom. The maximum Gasteiger partial charge on any atom is 0.298 e. The van der Waals surface area contributed by atoms with Gasteiger partial charge in [-0.25, -0.2) is 0 Å². The van der Waals surface area contributed by atoms with Crippen LogP contribution >= 0.6 is 0 Å². The van der Waals surface area contributed by atoms with Crippen molar-refractivity contribution in [3.05, 3.63) is 48.5 Å². The Morgan fingerprint density at radius 2 is 1.66 bits per heavy atom. The minimum Gasteiger partial charge on any atom is -0.423 e. The van der Waals surface area contributed by atoms with E-state index in [-0.39, 0.29) is 11.8 Å². The number of nitrogens with zero attached hydrogens (tertiary/aromatic N) is 3. The van der Waals surface area contributed by atoms with Crippen molar-refractivity contribution in [3.8, 4) is 0 Å². The number of anilines is 3. The van der Waals surface area contributed by atoms with Crippen molar-refractivity contribution in [1.82, 2.24) is 4.98 Å². The van der Waals surface area contributed by atoms with Crippen molar-refractivity contribution < 1.29 is 9.21 Å². The van der Waals surface area contributed by atoms with E-state index in [1.807, 2.05) is 42.5 Å². The predicted octanol–water partition coefficient (Wildman–Crippen LogP) is 4.28. The van der Waals surface area contributed by atoms with E-state index >= 15 is 0 Å².